The topological polar surface area (TPSA) is 127 Å². The van der Waals surface area contributed by atoms with E-state index in [0.29, 0.717) is 35.9 Å². The molecule has 0 amide bonds. The highest BCUT2D eigenvalue weighted by Crippen LogP contribution is 2.30. The van der Waals surface area contributed by atoms with Crippen molar-refractivity contribution in [3.63, 3.8) is 0 Å². The molecule has 1 aliphatic carbocycles. The van der Waals surface area contributed by atoms with Gasteiger partial charge in [-0.05, 0) is 32.8 Å². The van der Waals surface area contributed by atoms with Crippen LogP contribution in [-0.4, -0.2) is 50.9 Å². The van der Waals surface area contributed by atoms with Gasteiger partial charge in [0.2, 0.25) is 0 Å². The van der Waals surface area contributed by atoms with Gasteiger partial charge >= 0.3 is 0 Å². The van der Waals surface area contributed by atoms with Gasteiger partial charge in [0.1, 0.15) is 11.6 Å². The first-order valence-electron chi connectivity index (χ1n) is 9.70. The van der Waals surface area contributed by atoms with E-state index in [4.69, 9.17) is 0 Å². The number of rotatable bonds is 8. The number of anilines is 4. The van der Waals surface area contributed by atoms with Crippen LogP contribution in [0.5, 0.6) is 0 Å². The number of hydrogen-bond acceptors (Lipinski definition) is 9. The van der Waals surface area contributed by atoms with E-state index in [2.05, 4.69) is 49.8 Å². The Morgan fingerprint density at radius 2 is 1.93 bits per heavy atom. The molecule has 0 saturated heterocycles. The molecule has 0 unspecified atom stereocenters. The third-order valence-electron chi connectivity index (χ3n) is 4.55. The van der Waals surface area contributed by atoms with Crippen LogP contribution < -0.4 is 16.0 Å². The molecule has 10 nitrogen and oxygen atoms in total. The van der Waals surface area contributed by atoms with Crippen LogP contribution in [0.2, 0.25) is 0 Å². The van der Waals surface area contributed by atoms with Gasteiger partial charge in [0.15, 0.2) is 5.82 Å². The lowest BCUT2D eigenvalue weighted by molar-refractivity contribution is 0.578. The fraction of sp³-hybridized carbons (Fsp3) is 0.368. The van der Waals surface area contributed by atoms with Crippen molar-refractivity contribution in [1.29, 1.82) is 0 Å². The predicted octanol–water partition coefficient (Wildman–Crippen LogP) is 2.68. The monoisotopic (exact) mass is 428 g/mol. The van der Waals surface area contributed by atoms with E-state index in [0.717, 1.165) is 15.5 Å². The third-order valence-corrected chi connectivity index (χ3v) is 6.59. The van der Waals surface area contributed by atoms with Crippen molar-refractivity contribution >= 4 is 33.0 Å². The summed E-state index contributed by atoms with van der Waals surface area (Å²) in [4.78, 5) is 13.1. The molecule has 1 saturated carbocycles. The summed E-state index contributed by atoms with van der Waals surface area (Å²) in [5, 5.41) is 13.3. The highest BCUT2D eigenvalue weighted by molar-refractivity contribution is 7.90. The van der Waals surface area contributed by atoms with Gasteiger partial charge in [0.25, 0.3) is 10.0 Å². The molecular weight excluding hydrogens is 404 g/mol. The summed E-state index contributed by atoms with van der Waals surface area (Å²) >= 11 is 0. The number of hydrogen-bond donors (Lipinski definition) is 3. The molecule has 1 aliphatic rings. The van der Waals surface area contributed by atoms with Crippen LogP contribution in [0.25, 0.3) is 11.4 Å². The first-order valence-corrected chi connectivity index (χ1v) is 11.2. The minimum absolute atomic E-state index is 0.265. The molecular formula is C19H24N8O2S. The highest BCUT2D eigenvalue weighted by atomic mass is 32.2. The molecule has 158 valence electrons. The quantitative estimate of drug-likeness (QED) is 0.496. The Labute approximate surface area is 175 Å². The Morgan fingerprint density at radius 3 is 2.63 bits per heavy atom. The maximum Gasteiger partial charge on any atom is 0.256 e. The Balaban J connectivity index is 1.57. The van der Waals surface area contributed by atoms with Gasteiger partial charge in [-0.1, -0.05) is 0 Å². The van der Waals surface area contributed by atoms with Crippen LogP contribution in [0, 0.1) is 0 Å². The number of pyridine rings is 1. The summed E-state index contributed by atoms with van der Waals surface area (Å²) in [6.45, 7) is 4.13. The van der Waals surface area contributed by atoms with E-state index in [-0.39, 0.29) is 11.3 Å². The van der Waals surface area contributed by atoms with E-state index >= 15 is 0 Å². The van der Waals surface area contributed by atoms with Crippen molar-refractivity contribution in [2.24, 2.45) is 0 Å². The Bertz CT molecular complexity index is 1150. The van der Waals surface area contributed by atoms with E-state index < -0.39 is 10.0 Å². The molecule has 0 bridgehead atoms. The second-order valence-electron chi connectivity index (χ2n) is 7.40. The second kappa shape index (κ2) is 7.90. The van der Waals surface area contributed by atoms with E-state index in [9.17, 15) is 8.42 Å². The summed E-state index contributed by atoms with van der Waals surface area (Å²) in [6, 6.07) is 3.88. The van der Waals surface area contributed by atoms with Gasteiger partial charge in [-0.2, -0.15) is 9.19 Å². The SMILES string of the molecule is CNc1cnc(Nc2ccnc(-c3cnn(S(=O)(=O)C4CC4)c3)n2)cc1NC(C)C. The third kappa shape index (κ3) is 4.20. The van der Waals surface area contributed by atoms with Crippen LogP contribution in [-0.2, 0) is 10.0 Å². The minimum Gasteiger partial charge on any atom is -0.385 e. The molecule has 0 atom stereocenters. The summed E-state index contributed by atoms with van der Waals surface area (Å²) < 4.78 is 25.7. The van der Waals surface area contributed by atoms with Crippen molar-refractivity contribution < 1.29 is 8.42 Å². The number of aromatic nitrogens is 5. The first kappa shape index (κ1) is 20.1. The van der Waals surface area contributed by atoms with E-state index in [1.807, 2.05) is 13.1 Å². The van der Waals surface area contributed by atoms with Crippen LogP contribution in [0.3, 0.4) is 0 Å². The fourth-order valence-electron chi connectivity index (χ4n) is 2.93. The number of nitrogens with one attached hydrogen (secondary N) is 3. The van der Waals surface area contributed by atoms with E-state index in [1.54, 1.807) is 18.5 Å². The molecule has 1 fully saturated rings. The first-order chi connectivity index (χ1) is 14.4. The maximum absolute atomic E-state index is 12.3. The second-order valence-corrected chi connectivity index (χ2v) is 9.47. The normalized spacial score (nSPS) is 14.0. The number of nitrogens with zero attached hydrogens (tertiary/aromatic N) is 5. The zero-order chi connectivity index (χ0) is 21.3. The van der Waals surface area contributed by atoms with Crippen molar-refractivity contribution in [2.75, 3.05) is 23.0 Å². The summed E-state index contributed by atoms with van der Waals surface area (Å²) in [7, 11) is -1.58. The highest BCUT2D eigenvalue weighted by Gasteiger charge is 2.37. The van der Waals surface area contributed by atoms with Crippen LogP contribution >= 0.6 is 0 Å². The summed E-state index contributed by atoms with van der Waals surface area (Å²) in [5.74, 6) is 1.54. The van der Waals surface area contributed by atoms with Gasteiger partial charge in [0.05, 0.1) is 40.8 Å². The molecule has 0 spiro atoms. The molecule has 0 aromatic carbocycles. The lowest BCUT2D eigenvalue weighted by Crippen LogP contribution is -2.17. The Hall–Kier alpha value is -3.21. The average Bonchev–Trinajstić information content (AvgIpc) is 3.45. The van der Waals surface area contributed by atoms with Crippen molar-refractivity contribution in [1.82, 2.24) is 24.1 Å². The molecule has 3 N–H and O–H groups in total. The van der Waals surface area contributed by atoms with Crippen LogP contribution in [0.15, 0.2) is 36.9 Å². The van der Waals surface area contributed by atoms with Gasteiger partial charge in [-0.3, -0.25) is 0 Å². The Kier molecular flexibility index (Phi) is 5.29. The largest absolute Gasteiger partial charge is 0.385 e. The smallest absolute Gasteiger partial charge is 0.256 e. The molecule has 30 heavy (non-hydrogen) atoms. The average molecular weight is 429 g/mol. The standard InChI is InChI=1S/C19H24N8O2S/c1-12(2)24-15-8-18(22-10-16(15)20-3)25-17-6-7-21-19(26-17)13-9-23-27(11-13)30(28,29)14-4-5-14/h6-12,14,20H,4-5H2,1-3H3,(H2,21,22,24,25,26). The molecule has 4 rings (SSSR count). The molecule has 3 aromatic heterocycles. The lowest BCUT2D eigenvalue weighted by Gasteiger charge is -2.16. The van der Waals surface area contributed by atoms with Crippen molar-refractivity contribution in [3.8, 4) is 11.4 Å². The van der Waals surface area contributed by atoms with Gasteiger partial charge in [0, 0.05) is 25.4 Å². The maximum atomic E-state index is 12.3. The summed E-state index contributed by atoms with van der Waals surface area (Å²) in [5.41, 5.74) is 2.34. The van der Waals surface area contributed by atoms with Crippen LogP contribution in [0.1, 0.15) is 26.7 Å². The molecule has 3 aromatic rings. The summed E-state index contributed by atoms with van der Waals surface area (Å²) in [6.07, 6.45) is 7.62. The van der Waals surface area contributed by atoms with Gasteiger partial charge in [-0.25, -0.2) is 23.4 Å². The zero-order valence-corrected chi connectivity index (χ0v) is 17.8. The predicted molar refractivity (Wildman–Crippen MR) is 116 cm³/mol. The fourth-order valence-corrected chi connectivity index (χ4v) is 4.41. The Morgan fingerprint density at radius 1 is 1.13 bits per heavy atom. The zero-order valence-electron chi connectivity index (χ0n) is 17.0. The molecule has 11 heteroatoms. The van der Waals surface area contributed by atoms with Crippen molar-refractivity contribution in [3.05, 3.63) is 36.9 Å². The van der Waals surface area contributed by atoms with Crippen LogP contribution in [0.4, 0.5) is 23.0 Å². The molecule has 3 heterocycles. The molecule has 0 aliphatic heterocycles. The molecule has 0 radical (unpaired) electrons. The van der Waals surface area contributed by atoms with Crippen molar-refractivity contribution in [2.45, 2.75) is 38.0 Å². The van der Waals surface area contributed by atoms with Gasteiger partial charge < -0.3 is 16.0 Å². The lowest BCUT2D eigenvalue weighted by atomic mass is 10.3. The van der Waals surface area contributed by atoms with Gasteiger partial charge in [-0.15, -0.1) is 0 Å². The minimum atomic E-state index is -3.42. The van der Waals surface area contributed by atoms with E-state index in [1.165, 1.54) is 12.4 Å².